The Kier molecular flexibility index (Phi) is 15.7. The lowest BCUT2D eigenvalue weighted by molar-refractivity contribution is -0.743. The highest BCUT2D eigenvalue weighted by molar-refractivity contribution is 5.68. The third-order valence-corrected chi connectivity index (χ3v) is 3.85. The number of carbonyl (C=O) groups is 1. The molecular formula is C19H33NO5. The zero-order valence-corrected chi connectivity index (χ0v) is 15.7. The lowest BCUT2D eigenvalue weighted by atomic mass is 10.1. The molecule has 0 radical (unpaired) electrons. The van der Waals surface area contributed by atoms with Gasteiger partial charge in [-0.05, 0) is 38.5 Å². The summed E-state index contributed by atoms with van der Waals surface area (Å²) in [5, 5.41) is 9.82. The Bertz CT molecular complexity index is 418. The molecule has 0 saturated carbocycles. The minimum atomic E-state index is -0.743. The lowest BCUT2D eigenvalue weighted by Gasteiger charge is -2.05. The van der Waals surface area contributed by atoms with E-state index in [0.29, 0.717) is 25.0 Å². The van der Waals surface area contributed by atoms with Crippen molar-refractivity contribution in [1.82, 2.24) is 0 Å². The topological polar surface area (TPSA) is 78.7 Å². The second-order valence-corrected chi connectivity index (χ2v) is 6.03. The van der Waals surface area contributed by atoms with Gasteiger partial charge in [-0.25, -0.2) is 0 Å². The largest absolute Gasteiger partial charge is 0.469 e. The average molecular weight is 355 g/mol. The van der Waals surface area contributed by atoms with Gasteiger partial charge < -0.3 is 4.74 Å². The van der Waals surface area contributed by atoms with Crippen molar-refractivity contribution in [3.8, 4) is 0 Å². The van der Waals surface area contributed by atoms with Crippen LogP contribution in [0, 0.1) is 10.1 Å². The molecule has 0 rings (SSSR count). The molecule has 0 amide bonds. The van der Waals surface area contributed by atoms with E-state index < -0.39 is 5.09 Å². The van der Waals surface area contributed by atoms with Gasteiger partial charge in [0.2, 0.25) is 0 Å². The standard InChI is InChI=1S/C19H33NO5/c1-3-4-5-6-7-9-12-15-18(25-20(22)23)16-13-10-8-11-14-17-19(21)24-2/h7,9,15H,3-6,8,10-14,16-17H2,1-2H3/b9-7+,18-15-. The van der Waals surface area contributed by atoms with Gasteiger partial charge in [0, 0.05) is 6.42 Å². The quantitative estimate of drug-likeness (QED) is 0.0911. The first-order chi connectivity index (χ1) is 12.1. The summed E-state index contributed by atoms with van der Waals surface area (Å²) in [5.41, 5.74) is 0. The molecule has 0 aliphatic carbocycles. The van der Waals surface area contributed by atoms with Crippen LogP contribution in [-0.2, 0) is 14.4 Å². The van der Waals surface area contributed by atoms with E-state index in [-0.39, 0.29) is 5.97 Å². The van der Waals surface area contributed by atoms with Crippen LogP contribution in [0.4, 0.5) is 0 Å². The predicted molar refractivity (Wildman–Crippen MR) is 98.4 cm³/mol. The molecule has 6 heteroatoms. The third-order valence-electron chi connectivity index (χ3n) is 3.85. The third kappa shape index (κ3) is 16.8. The van der Waals surface area contributed by atoms with Gasteiger partial charge in [-0.2, -0.15) is 0 Å². The SMILES string of the molecule is CCCCC/C=C/C/C=C(/CCCCCCCC(=O)OC)O[N+](=O)[O-]. The van der Waals surface area contributed by atoms with E-state index in [2.05, 4.69) is 22.6 Å². The first kappa shape index (κ1) is 23.1. The van der Waals surface area contributed by atoms with Gasteiger partial charge >= 0.3 is 5.97 Å². The first-order valence-corrected chi connectivity index (χ1v) is 9.33. The molecule has 144 valence electrons. The number of allylic oxidation sites excluding steroid dienone is 4. The Morgan fingerprint density at radius 2 is 1.68 bits per heavy atom. The van der Waals surface area contributed by atoms with Crippen LogP contribution in [-0.4, -0.2) is 18.2 Å². The van der Waals surface area contributed by atoms with Crippen molar-refractivity contribution in [3.05, 3.63) is 34.1 Å². The fraction of sp³-hybridized carbons (Fsp3) is 0.737. The fourth-order valence-electron chi connectivity index (χ4n) is 2.41. The maximum atomic E-state index is 11.0. The molecule has 0 aromatic carbocycles. The van der Waals surface area contributed by atoms with Crippen molar-refractivity contribution in [3.63, 3.8) is 0 Å². The van der Waals surface area contributed by atoms with Crippen LogP contribution in [0.1, 0.15) is 84.0 Å². The second kappa shape index (κ2) is 17.0. The highest BCUT2D eigenvalue weighted by atomic mass is 17.0. The van der Waals surface area contributed by atoms with E-state index in [1.807, 2.05) is 6.08 Å². The second-order valence-electron chi connectivity index (χ2n) is 6.03. The summed E-state index contributed by atoms with van der Waals surface area (Å²) >= 11 is 0. The Hall–Kier alpha value is -1.85. The van der Waals surface area contributed by atoms with Gasteiger partial charge in [-0.1, -0.05) is 57.3 Å². The number of hydrogen-bond acceptors (Lipinski definition) is 5. The monoisotopic (exact) mass is 355 g/mol. The van der Waals surface area contributed by atoms with E-state index in [1.54, 1.807) is 6.08 Å². The van der Waals surface area contributed by atoms with Crippen molar-refractivity contribution in [2.45, 2.75) is 84.0 Å². The summed E-state index contributed by atoms with van der Waals surface area (Å²) in [5.74, 6) is 0.255. The van der Waals surface area contributed by atoms with Gasteiger partial charge in [0.15, 0.2) is 0 Å². The number of hydrogen-bond donors (Lipinski definition) is 0. The Balaban J connectivity index is 3.92. The number of methoxy groups -OCH3 is 1. The summed E-state index contributed by atoms with van der Waals surface area (Å²) in [7, 11) is 1.39. The summed E-state index contributed by atoms with van der Waals surface area (Å²) in [4.78, 5) is 26.2. The molecule has 0 heterocycles. The van der Waals surface area contributed by atoms with Crippen molar-refractivity contribution < 1.29 is 19.5 Å². The van der Waals surface area contributed by atoms with E-state index in [1.165, 1.54) is 26.4 Å². The Morgan fingerprint density at radius 1 is 1.00 bits per heavy atom. The maximum Gasteiger partial charge on any atom is 0.305 e. The molecule has 6 nitrogen and oxygen atoms in total. The van der Waals surface area contributed by atoms with Crippen LogP contribution in [0.5, 0.6) is 0 Å². The van der Waals surface area contributed by atoms with Gasteiger partial charge in [0.25, 0.3) is 5.09 Å². The molecular weight excluding hydrogens is 322 g/mol. The van der Waals surface area contributed by atoms with Crippen molar-refractivity contribution >= 4 is 5.97 Å². The number of esters is 1. The van der Waals surface area contributed by atoms with Crippen molar-refractivity contribution in [1.29, 1.82) is 0 Å². The van der Waals surface area contributed by atoms with Crippen molar-refractivity contribution in [2.24, 2.45) is 0 Å². The number of ether oxygens (including phenoxy) is 1. The van der Waals surface area contributed by atoms with Gasteiger partial charge in [-0.3, -0.25) is 9.63 Å². The molecule has 0 spiro atoms. The highest BCUT2D eigenvalue weighted by Gasteiger charge is 2.04. The van der Waals surface area contributed by atoms with Crippen molar-refractivity contribution in [2.75, 3.05) is 7.11 Å². The minimum Gasteiger partial charge on any atom is -0.469 e. The predicted octanol–water partition coefficient (Wildman–Crippen LogP) is 5.51. The van der Waals surface area contributed by atoms with Crippen LogP contribution >= 0.6 is 0 Å². The number of rotatable bonds is 16. The van der Waals surface area contributed by atoms with E-state index in [9.17, 15) is 14.9 Å². The van der Waals surface area contributed by atoms with Crippen LogP contribution in [0.15, 0.2) is 24.0 Å². The molecule has 0 bridgehead atoms. The van der Waals surface area contributed by atoms with E-state index >= 15 is 0 Å². The molecule has 25 heavy (non-hydrogen) atoms. The number of unbranched alkanes of at least 4 members (excludes halogenated alkanes) is 7. The average Bonchev–Trinajstić information content (AvgIpc) is 2.59. The molecule has 0 aromatic rings. The molecule has 0 aromatic heterocycles. The minimum absolute atomic E-state index is 0.174. The number of carbonyl (C=O) groups excluding carboxylic acids is 1. The Morgan fingerprint density at radius 3 is 2.32 bits per heavy atom. The Labute approximate surface area is 151 Å². The summed E-state index contributed by atoms with van der Waals surface area (Å²) in [6.07, 6.45) is 16.9. The molecule has 0 fully saturated rings. The zero-order valence-electron chi connectivity index (χ0n) is 15.7. The molecule has 0 unspecified atom stereocenters. The molecule has 0 atom stereocenters. The molecule has 0 saturated heterocycles. The molecule has 0 N–H and O–H groups in total. The first-order valence-electron chi connectivity index (χ1n) is 9.33. The number of nitrogens with zero attached hydrogens (tertiary/aromatic N) is 1. The fourth-order valence-corrected chi connectivity index (χ4v) is 2.41. The van der Waals surface area contributed by atoms with Gasteiger partial charge in [0.1, 0.15) is 0 Å². The lowest BCUT2D eigenvalue weighted by Crippen LogP contribution is -2.01. The van der Waals surface area contributed by atoms with Crippen LogP contribution in [0.25, 0.3) is 0 Å². The van der Waals surface area contributed by atoms with Gasteiger partial charge in [-0.15, -0.1) is 10.1 Å². The summed E-state index contributed by atoms with van der Waals surface area (Å²) < 4.78 is 4.59. The maximum absolute atomic E-state index is 11.0. The van der Waals surface area contributed by atoms with E-state index in [4.69, 9.17) is 0 Å². The normalized spacial score (nSPS) is 11.7. The van der Waals surface area contributed by atoms with Gasteiger partial charge in [0.05, 0.1) is 12.9 Å². The summed E-state index contributed by atoms with van der Waals surface area (Å²) in [6, 6.07) is 0. The smallest absolute Gasteiger partial charge is 0.305 e. The van der Waals surface area contributed by atoms with Crippen LogP contribution in [0.3, 0.4) is 0 Å². The van der Waals surface area contributed by atoms with E-state index in [0.717, 1.165) is 38.5 Å². The highest BCUT2D eigenvalue weighted by Crippen LogP contribution is 2.14. The van der Waals surface area contributed by atoms with Crippen LogP contribution < -0.4 is 0 Å². The summed E-state index contributed by atoms with van der Waals surface area (Å²) in [6.45, 7) is 2.17. The molecule has 0 aliphatic rings. The molecule has 0 aliphatic heterocycles. The van der Waals surface area contributed by atoms with Crippen LogP contribution in [0.2, 0.25) is 0 Å². The zero-order chi connectivity index (χ0) is 18.8.